The molecular formula is C13H14FNS. The fourth-order valence-electron chi connectivity index (χ4n) is 2.05. The zero-order valence-corrected chi connectivity index (χ0v) is 9.89. The predicted octanol–water partition coefficient (Wildman–Crippen LogP) is 4.12. The van der Waals surface area contributed by atoms with Crippen molar-refractivity contribution in [2.24, 2.45) is 0 Å². The maximum Gasteiger partial charge on any atom is 0.124 e. The number of benzene rings is 1. The van der Waals surface area contributed by atoms with Crippen molar-refractivity contribution in [3.05, 3.63) is 29.6 Å². The van der Waals surface area contributed by atoms with E-state index in [0.717, 1.165) is 4.90 Å². The molecule has 0 unspecified atom stereocenters. The Kier molecular flexibility index (Phi) is 3.84. The highest BCUT2D eigenvalue weighted by atomic mass is 32.2. The third kappa shape index (κ3) is 2.76. The Morgan fingerprint density at radius 1 is 1.25 bits per heavy atom. The lowest BCUT2D eigenvalue weighted by molar-refractivity contribution is 0.516. The summed E-state index contributed by atoms with van der Waals surface area (Å²) in [7, 11) is 0. The predicted molar refractivity (Wildman–Crippen MR) is 63.8 cm³/mol. The Balaban J connectivity index is 2.11. The minimum Gasteiger partial charge on any atom is -0.207 e. The average Bonchev–Trinajstić information content (AvgIpc) is 2.33. The topological polar surface area (TPSA) is 23.8 Å². The number of rotatable bonds is 2. The second-order valence-corrected chi connectivity index (χ2v) is 5.47. The van der Waals surface area contributed by atoms with Gasteiger partial charge in [-0.05, 0) is 31.0 Å². The second-order valence-electron chi connectivity index (χ2n) is 4.13. The average molecular weight is 235 g/mol. The molecule has 0 heterocycles. The van der Waals surface area contributed by atoms with Crippen molar-refractivity contribution in [2.45, 2.75) is 42.2 Å². The Labute approximate surface area is 99.7 Å². The van der Waals surface area contributed by atoms with Crippen LogP contribution in [0.4, 0.5) is 4.39 Å². The number of nitriles is 1. The number of hydrogen-bond acceptors (Lipinski definition) is 2. The van der Waals surface area contributed by atoms with Crippen molar-refractivity contribution in [3.8, 4) is 6.07 Å². The van der Waals surface area contributed by atoms with Crippen molar-refractivity contribution in [1.82, 2.24) is 0 Å². The standard InChI is InChI=1S/C13H14FNS/c14-11-6-7-13(10(8-11)9-15)16-12-4-2-1-3-5-12/h6-8,12H,1-5H2. The zero-order valence-electron chi connectivity index (χ0n) is 9.08. The van der Waals surface area contributed by atoms with Crippen LogP contribution in [0.2, 0.25) is 0 Å². The van der Waals surface area contributed by atoms with E-state index in [4.69, 9.17) is 5.26 Å². The second kappa shape index (κ2) is 5.36. The molecule has 0 amide bonds. The molecule has 1 aromatic carbocycles. The van der Waals surface area contributed by atoms with Crippen LogP contribution in [0, 0.1) is 17.1 Å². The molecule has 1 fully saturated rings. The molecule has 1 aliphatic rings. The van der Waals surface area contributed by atoms with Crippen LogP contribution in [-0.4, -0.2) is 5.25 Å². The van der Waals surface area contributed by atoms with Gasteiger partial charge in [-0.15, -0.1) is 11.8 Å². The maximum atomic E-state index is 13.0. The van der Waals surface area contributed by atoms with Gasteiger partial charge in [0.05, 0.1) is 5.56 Å². The first-order chi connectivity index (χ1) is 7.79. The lowest BCUT2D eigenvalue weighted by Crippen LogP contribution is -2.08. The highest BCUT2D eigenvalue weighted by Crippen LogP contribution is 2.35. The van der Waals surface area contributed by atoms with E-state index in [0.29, 0.717) is 10.8 Å². The highest BCUT2D eigenvalue weighted by molar-refractivity contribution is 8.00. The van der Waals surface area contributed by atoms with E-state index >= 15 is 0 Å². The molecule has 1 aliphatic carbocycles. The van der Waals surface area contributed by atoms with Crippen molar-refractivity contribution in [3.63, 3.8) is 0 Å². The molecule has 0 atom stereocenters. The minimum absolute atomic E-state index is 0.329. The molecule has 0 radical (unpaired) electrons. The summed E-state index contributed by atoms with van der Waals surface area (Å²) in [5, 5.41) is 9.55. The highest BCUT2D eigenvalue weighted by Gasteiger charge is 2.16. The molecule has 0 N–H and O–H groups in total. The Hall–Kier alpha value is -1.01. The largest absolute Gasteiger partial charge is 0.207 e. The molecule has 0 bridgehead atoms. The third-order valence-corrected chi connectivity index (χ3v) is 4.32. The summed E-state index contributed by atoms with van der Waals surface area (Å²) < 4.78 is 13.0. The molecule has 1 nitrogen and oxygen atoms in total. The fourth-order valence-corrected chi connectivity index (χ4v) is 3.36. The van der Waals surface area contributed by atoms with Crippen LogP contribution < -0.4 is 0 Å². The summed E-state index contributed by atoms with van der Waals surface area (Å²) in [4.78, 5) is 0.927. The molecule has 1 saturated carbocycles. The molecule has 16 heavy (non-hydrogen) atoms. The molecule has 2 rings (SSSR count). The summed E-state index contributed by atoms with van der Waals surface area (Å²) in [6.07, 6.45) is 6.31. The molecule has 0 aliphatic heterocycles. The van der Waals surface area contributed by atoms with Gasteiger partial charge in [0, 0.05) is 10.1 Å². The van der Waals surface area contributed by atoms with Crippen LogP contribution in [0.5, 0.6) is 0 Å². The summed E-state index contributed by atoms with van der Waals surface area (Å²) in [6, 6.07) is 6.56. The van der Waals surface area contributed by atoms with Crippen LogP contribution in [0.3, 0.4) is 0 Å². The Bertz CT molecular complexity index is 405. The van der Waals surface area contributed by atoms with Crippen LogP contribution in [0.15, 0.2) is 23.1 Å². The minimum atomic E-state index is -0.329. The zero-order chi connectivity index (χ0) is 11.4. The van der Waals surface area contributed by atoms with E-state index in [1.54, 1.807) is 17.8 Å². The van der Waals surface area contributed by atoms with Gasteiger partial charge in [0.25, 0.3) is 0 Å². The van der Waals surface area contributed by atoms with E-state index in [9.17, 15) is 4.39 Å². The van der Waals surface area contributed by atoms with E-state index in [2.05, 4.69) is 6.07 Å². The van der Waals surface area contributed by atoms with Crippen molar-refractivity contribution >= 4 is 11.8 Å². The summed E-state index contributed by atoms with van der Waals surface area (Å²) in [5.41, 5.74) is 0.468. The van der Waals surface area contributed by atoms with Gasteiger partial charge in [-0.3, -0.25) is 0 Å². The van der Waals surface area contributed by atoms with E-state index in [1.807, 2.05) is 0 Å². The quantitative estimate of drug-likeness (QED) is 0.769. The molecule has 0 aromatic heterocycles. The molecule has 1 aromatic rings. The first kappa shape index (κ1) is 11.5. The van der Waals surface area contributed by atoms with Crippen molar-refractivity contribution < 1.29 is 4.39 Å². The summed E-state index contributed by atoms with van der Waals surface area (Å²) in [6.45, 7) is 0. The van der Waals surface area contributed by atoms with E-state index < -0.39 is 0 Å². The number of nitrogens with zero attached hydrogens (tertiary/aromatic N) is 1. The van der Waals surface area contributed by atoms with Crippen molar-refractivity contribution in [1.29, 1.82) is 5.26 Å². The van der Waals surface area contributed by atoms with Gasteiger partial charge in [0.15, 0.2) is 0 Å². The number of halogens is 1. The van der Waals surface area contributed by atoms with Gasteiger partial charge in [0.1, 0.15) is 11.9 Å². The lowest BCUT2D eigenvalue weighted by atomic mass is 10.0. The van der Waals surface area contributed by atoms with E-state index in [1.165, 1.54) is 44.2 Å². The van der Waals surface area contributed by atoms with Gasteiger partial charge < -0.3 is 0 Å². The van der Waals surface area contributed by atoms with Gasteiger partial charge in [-0.25, -0.2) is 4.39 Å². The van der Waals surface area contributed by atoms with Crippen LogP contribution in [0.25, 0.3) is 0 Å². The SMILES string of the molecule is N#Cc1cc(F)ccc1SC1CCCCC1. The summed E-state index contributed by atoms with van der Waals surface area (Å²) >= 11 is 1.74. The van der Waals surface area contributed by atoms with E-state index in [-0.39, 0.29) is 5.82 Å². The lowest BCUT2D eigenvalue weighted by Gasteiger charge is -2.21. The molecule has 0 spiro atoms. The van der Waals surface area contributed by atoms with Crippen molar-refractivity contribution in [2.75, 3.05) is 0 Å². The Morgan fingerprint density at radius 3 is 2.69 bits per heavy atom. The van der Waals surface area contributed by atoms with Crippen LogP contribution in [-0.2, 0) is 0 Å². The smallest absolute Gasteiger partial charge is 0.124 e. The molecule has 3 heteroatoms. The first-order valence-electron chi connectivity index (χ1n) is 5.66. The van der Waals surface area contributed by atoms with Gasteiger partial charge in [-0.2, -0.15) is 5.26 Å². The van der Waals surface area contributed by atoms with Gasteiger partial charge >= 0.3 is 0 Å². The molecule has 84 valence electrons. The van der Waals surface area contributed by atoms with Crippen LogP contribution in [0.1, 0.15) is 37.7 Å². The first-order valence-corrected chi connectivity index (χ1v) is 6.54. The van der Waals surface area contributed by atoms with Gasteiger partial charge in [0.2, 0.25) is 0 Å². The number of thioether (sulfide) groups is 1. The monoisotopic (exact) mass is 235 g/mol. The van der Waals surface area contributed by atoms with Gasteiger partial charge in [-0.1, -0.05) is 19.3 Å². The third-order valence-electron chi connectivity index (χ3n) is 2.91. The maximum absolute atomic E-state index is 13.0. The molecule has 0 saturated heterocycles. The Morgan fingerprint density at radius 2 is 2.00 bits per heavy atom. The van der Waals surface area contributed by atoms with Crippen LogP contribution >= 0.6 is 11.8 Å². The normalized spacial score (nSPS) is 17.0. The summed E-state index contributed by atoms with van der Waals surface area (Å²) in [5.74, 6) is -0.329. The fraction of sp³-hybridized carbons (Fsp3) is 0.462. The molecular weight excluding hydrogens is 221 g/mol. The number of hydrogen-bond donors (Lipinski definition) is 0.